The van der Waals surface area contributed by atoms with Gasteiger partial charge in [-0.25, -0.2) is 4.79 Å². The Balaban J connectivity index is 1.61. The summed E-state index contributed by atoms with van der Waals surface area (Å²) in [6.45, 7) is 1.91. The molecule has 4 heteroatoms. The first kappa shape index (κ1) is 15.3. The van der Waals surface area contributed by atoms with E-state index < -0.39 is 5.54 Å². The third-order valence-corrected chi connectivity index (χ3v) is 6.22. The van der Waals surface area contributed by atoms with Crippen LogP contribution in [0.4, 0.5) is 0 Å². The number of nitrogens with one attached hydrogen (secondary N) is 1. The summed E-state index contributed by atoms with van der Waals surface area (Å²) in [7, 11) is 5.58. The molecule has 3 rings (SSSR count). The first-order valence-electron chi connectivity index (χ1n) is 8.55. The van der Waals surface area contributed by atoms with E-state index in [1.807, 2.05) is 7.05 Å². The van der Waals surface area contributed by atoms with Crippen molar-refractivity contribution in [2.75, 3.05) is 34.3 Å². The number of fused-ring (bicyclic) bond motifs is 2. The molecule has 4 unspecified atom stereocenters. The Labute approximate surface area is 128 Å². The molecule has 0 saturated heterocycles. The van der Waals surface area contributed by atoms with E-state index in [9.17, 15) is 4.79 Å². The number of hydrogen-bond acceptors (Lipinski definition) is 4. The Hall–Kier alpha value is -0.610. The zero-order valence-corrected chi connectivity index (χ0v) is 13.7. The van der Waals surface area contributed by atoms with Gasteiger partial charge in [-0.05, 0) is 69.9 Å². The van der Waals surface area contributed by atoms with E-state index in [0.717, 1.165) is 43.7 Å². The maximum atomic E-state index is 12.3. The van der Waals surface area contributed by atoms with E-state index in [0.29, 0.717) is 5.92 Å². The molecule has 0 aromatic carbocycles. The van der Waals surface area contributed by atoms with Gasteiger partial charge in [-0.15, -0.1) is 0 Å². The largest absolute Gasteiger partial charge is 0.468 e. The molecule has 4 atom stereocenters. The normalized spacial score (nSPS) is 34.2. The topological polar surface area (TPSA) is 41.6 Å². The minimum absolute atomic E-state index is 0.0905. The molecule has 1 N–H and O–H groups in total. The van der Waals surface area contributed by atoms with Crippen molar-refractivity contribution in [2.45, 2.75) is 44.1 Å². The average molecular weight is 294 g/mol. The predicted octanol–water partition coefficient (Wildman–Crippen LogP) is 1.90. The lowest BCUT2D eigenvalue weighted by molar-refractivity contribution is -0.150. The highest BCUT2D eigenvalue weighted by molar-refractivity contribution is 5.82. The van der Waals surface area contributed by atoms with Crippen molar-refractivity contribution in [1.29, 1.82) is 0 Å². The van der Waals surface area contributed by atoms with Crippen molar-refractivity contribution < 1.29 is 9.53 Å². The maximum Gasteiger partial charge on any atom is 0.327 e. The maximum absolute atomic E-state index is 12.3. The van der Waals surface area contributed by atoms with E-state index in [1.54, 1.807) is 0 Å². The fourth-order valence-electron chi connectivity index (χ4n) is 4.99. The summed E-state index contributed by atoms with van der Waals surface area (Å²) in [6, 6.07) is 0. The Kier molecular flexibility index (Phi) is 4.28. The van der Waals surface area contributed by atoms with Gasteiger partial charge in [-0.3, -0.25) is 0 Å². The fourth-order valence-corrected chi connectivity index (χ4v) is 4.99. The summed E-state index contributed by atoms with van der Waals surface area (Å²) in [4.78, 5) is 14.7. The standard InChI is InChI=1S/C17H30N2O2/c1-18-17(15-6-7-15,16(20)21-3)11-19(2)10-14-9-12-4-5-13(14)8-12/h12-15,18H,4-11H2,1-3H3. The quantitative estimate of drug-likeness (QED) is 0.728. The van der Waals surface area contributed by atoms with E-state index in [-0.39, 0.29) is 5.97 Å². The summed E-state index contributed by atoms with van der Waals surface area (Å²) in [6.07, 6.45) is 8.02. The van der Waals surface area contributed by atoms with Gasteiger partial charge in [-0.2, -0.15) is 0 Å². The third kappa shape index (κ3) is 2.85. The predicted molar refractivity (Wildman–Crippen MR) is 83.0 cm³/mol. The van der Waals surface area contributed by atoms with Crippen molar-refractivity contribution in [1.82, 2.24) is 10.2 Å². The summed E-state index contributed by atoms with van der Waals surface area (Å²) in [5, 5.41) is 3.30. The summed E-state index contributed by atoms with van der Waals surface area (Å²) in [5.41, 5.74) is -0.499. The number of hydrogen-bond donors (Lipinski definition) is 1. The van der Waals surface area contributed by atoms with Crippen molar-refractivity contribution in [2.24, 2.45) is 23.7 Å². The Morgan fingerprint density at radius 1 is 1.29 bits per heavy atom. The van der Waals surface area contributed by atoms with Gasteiger partial charge < -0.3 is 15.0 Å². The van der Waals surface area contributed by atoms with Crippen LogP contribution in [-0.2, 0) is 9.53 Å². The number of methoxy groups -OCH3 is 1. The van der Waals surface area contributed by atoms with E-state index in [2.05, 4.69) is 17.3 Å². The van der Waals surface area contributed by atoms with Crippen LogP contribution in [-0.4, -0.2) is 50.7 Å². The Morgan fingerprint density at radius 3 is 2.52 bits per heavy atom. The molecule has 3 fully saturated rings. The molecular formula is C17H30N2O2. The molecule has 4 nitrogen and oxygen atoms in total. The molecule has 0 aliphatic heterocycles. The first-order chi connectivity index (χ1) is 10.1. The second-order valence-corrected chi connectivity index (χ2v) is 7.62. The Bertz CT molecular complexity index is 396. The first-order valence-corrected chi connectivity index (χ1v) is 8.55. The summed E-state index contributed by atoms with van der Waals surface area (Å²) < 4.78 is 5.10. The molecule has 2 bridgehead atoms. The second kappa shape index (κ2) is 5.88. The van der Waals surface area contributed by atoms with Crippen molar-refractivity contribution in [3.63, 3.8) is 0 Å². The second-order valence-electron chi connectivity index (χ2n) is 7.62. The molecule has 3 aliphatic carbocycles. The SMILES string of the molecule is CNC(CN(C)CC1CC2CCC1C2)(C(=O)OC)C1CC1. The van der Waals surface area contributed by atoms with E-state index in [1.165, 1.54) is 32.8 Å². The van der Waals surface area contributed by atoms with Crippen LogP contribution in [0.3, 0.4) is 0 Å². The Morgan fingerprint density at radius 2 is 2.05 bits per heavy atom. The summed E-state index contributed by atoms with van der Waals surface area (Å²) in [5.74, 6) is 3.14. The molecular weight excluding hydrogens is 264 g/mol. The fraction of sp³-hybridized carbons (Fsp3) is 0.941. The van der Waals surface area contributed by atoms with Crippen molar-refractivity contribution in [3.8, 4) is 0 Å². The molecule has 0 aromatic rings. The molecule has 3 aliphatic rings. The number of likely N-dealkylation sites (N-methyl/N-ethyl adjacent to an activating group) is 2. The number of carbonyl (C=O) groups is 1. The molecule has 0 spiro atoms. The summed E-state index contributed by atoms with van der Waals surface area (Å²) >= 11 is 0. The lowest BCUT2D eigenvalue weighted by Crippen LogP contribution is -2.60. The number of carbonyl (C=O) groups excluding carboxylic acids is 1. The minimum Gasteiger partial charge on any atom is -0.468 e. The molecule has 0 radical (unpaired) electrons. The van der Waals surface area contributed by atoms with Crippen LogP contribution in [0.1, 0.15) is 38.5 Å². The zero-order chi connectivity index (χ0) is 15.0. The van der Waals surface area contributed by atoms with Gasteiger partial charge in [0.1, 0.15) is 5.54 Å². The molecule has 0 aromatic heterocycles. The molecule has 21 heavy (non-hydrogen) atoms. The van der Waals surface area contributed by atoms with Crippen LogP contribution < -0.4 is 5.32 Å². The zero-order valence-electron chi connectivity index (χ0n) is 13.7. The van der Waals surface area contributed by atoms with Gasteiger partial charge in [-0.1, -0.05) is 6.42 Å². The van der Waals surface area contributed by atoms with Crippen LogP contribution in [0.5, 0.6) is 0 Å². The van der Waals surface area contributed by atoms with E-state index in [4.69, 9.17) is 4.74 Å². The minimum atomic E-state index is -0.499. The third-order valence-electron chi connectivity index (χ3n) is 6.22. The van der Waals surface area contributed by atoms with Crippen LogP contribution in [0.15, 0.2) is 0 Å². The highest BCUT2D eigenvalue weighted by Crippen LogP contribution is 2.48. The lowest BCUT2D eigenvalue weighted by atomic mass is 9.87. The number of ether oxygens (including phenoxy) is 1. The molecule has 0 amide bonds. The van der Waals surface area contributed by atoms with Gasteiger partial charge in [0, 0.05) is 13.1 Å². The van der Waals surface area contributed by atoms with Crippen LogP contribution in [0, 0.1) is 23.7 Å². The van der Waals surface area contributed by atoms with Gasteiger partial charge in [0.05, 0.1) is 7.11 Å². The van der Waals surface area contributed by atoms with Gasteiger partial charge in [0.2, 0.25) is 0 Å². The highest BCUT2D eigenvalue weighted by Gasteiger charge is 2.51. The van der Waals surface area contributed by atoms with Gasteiger partial charge in [0.25, 0.3) is 0 Å². The smallest absolute Gasteiger partial charge is 0.327 e. The average Bonchev–Trinajstić information content (AvgIpc) is 3.14. The van der Waals surface area contributed by atoms with Crippen LogP contribution >= 0.6 is 0 Å². The number of rotatable bonds is 7. The molecule has 0 heterocycles. The van der Waals surface area contributed by atoms with Gasteiger partial charge >= 0.3 is 5.97 Å². The monoisotopic (exact) mass is 294 g/mol. The molecule has 120 valence electrons. The molecule has 3 saturated carbocycles. The van der Waals surface area contributed by atoms with Crippen LogP contribution in [0.2, 0.25) is 0 Å². The van der Waals surface area contributed by atoms with Crippen LogP contribution in [0.25, 0.3) is 0 Å². The lowest BCUT2D eigenvalue weighted by Gasteiger charge is -2.36. The van der Waals surface area contributed by atoms with Crippen molar-refractivity contribution >= 4 is 5.97 Å². The van der Waals surface area contributed by atoms with Crippen molar-refractivity contribution in [3.05, 3.63) is 0 Å². The van der Waals surface area contributed by atoms with E-state index >= 15 is 0 Å². The van der Waals surface area contributed by atoms with Gasteiger partial charge in [0.15, 0.2) is 0 Å². The highest BCUT2D eigenvalue weighted by atomic mass is 16.5. The number of nitrogens with zero attached hydrogens (tertiary/aromatic N) is 1. The number of esters is 1.